The van der Waals surface area contributed by atoms with E-state index in [1.54, 1.807) is 0 Å². The number of carbonyl (C=O) groups is 1. The predicted molar refractivity (Wildman–Crippen MR) is 48.2 cm³/mol. The Kier molecular flexibility index (Phi) is 3.55. The number of ether oxygens (including phenoxy) is 1. The number of nitrogens with zero attached hydrogens (tertiary/aromatic N) is 1. The normalized spacial score (nSPS) is 11.2. The van der Waals surface area contributed by atoms with Gasteiger partial charge in [-0.25, -0.2) is 13.4 Å². The quantitative estimate of drug-likeness (QED) is 0.704. The summed E-state index contributed by atoms with van der Waals surface area (Å²) < 4.78 is 29.0. The van der Waals surface area contributed by atoms with Gasteiger partial charge in [-0.3, -0.25) is 4.79 Å². The Morgan fingerprint density at radius 3 is 3.00 bits per heavy atom. The summed E-state index contributed by atoms with van der Waals surface area (Å²) in [5.74, 6) is -0.651. The summed E-state index contributed by atoms with van der Waals surface area (Å²) in [6.07, 6.45) is 1.16. The highest BCUT2D eigenvalue weighted by Gasteiger charge is 2.16. The Balaban J connectivity index is 2.65. The van der Waals surface area contributed by atoms with E-state index in [-0.39, 0.29) is 4.21 Å². The van der Waals surface area contributed by atoms with Gasteiger partial charge in [0.1, 0.15) is 6.54 Å². The molecule has 77 valence electrons. The van der Waals surface area contributed by atoms with Crippen LogP contribution in [0.5, 0.6) is 0 Å². The van der Waals surface area contributed by atoms with Crippen molar-refractivity contribution in [2.75, 3.05) is 13.7 Å². The van der Waals surface area contributed by atoms with E-state index in [0.29, 0.717) is 0 Å². The third kappa shape index (κ3) is 2.76. The van der Waals surface area contributed by atoms with Crippen molar-refractivity contribution in [3.63, 3.8) is 0 Å². The van der Waals surface area contributed by atoms with Gasteiger partial charge in [0.15, 0.2) is 9.72 Å². The van der Waals surface area contributed by atoms with Crippen LogP contribution in [0.15, 0.2) is 10.4 Å². The van der Waals surface area contributed by atoms with Gasteiger partial charge in [-0.15, -0.1) is 0 Å². The Morgan fingerprint density at radius 1 is 1.79 bits per heavy atom. The fourth-order valence-corrected chi connectivity index (χ4v) is 2.27. The summed E-state index contributed by atoms with van der Waals surface area (Å²) >= 11 is 0.850. The molecule has 1 aromatic rings. The van der Waals surface area contributed by atoms with Gasteiger partial charge in [0, 0.05) is 0 Å². The van der Waals surface area contributed by atoms with Crippen molar-refractivity contribution in [1.29, 1.82) is 0 Å². The van der Waals surface area contributed by atoms with Crippen LogP contribution in [0.4, 0.5) is 0 Å². The molecular weight excluding hydrogens is 228 g/mol. The molecule has 0 aliphatic carbocycles. The Hall–Kier alpha value is -0.990. The van der Waals surface area contributed by atoms with Gasteiger partial charge in [0.25, 0.3) is 10.0 Å². The molecular formula is C6H7N2O4S2. The SMILES string of the molecule is COC(=O)CNS(=O)(=O)c1cn[c]s1. The van der Waals surface area contributed by atoms with E-state index in [2.05, 4.69) is 20.0 Å². The molecule has 0 amide bonds. The minimum absolute atomic E-state index is 0.0152. The number of carbonyl (C=O) groups excluding carboxylic acids is 1. The highest BCUT2D eigenvalue weighted by Crippen LogP contribution is 2.11. The molecule has 0 saturated carbocycles. The average Bonchev–Trinajstić information content (AvgIpc) is 2.67. The first-order chi connectivity index (χ1) is 6.56. The van der Waals surface area contributed by atoms with Crippen LogP contribution in [0, 0.1) is 5.51 Å². The third-order valence-corrected chi connectivity index (χ3v) is 3.84. The topological polar surface area (TPSA) is 85.4 Å². The molecule has 0 fully saturated rings. The molecule has 0 saturated heterocycles. The van der Waals surface area contributed by atoms with Crippen LogP contribution in [0.1, 0.15) is 0 Å². The van der Waals surface area contributed by atoms with Crippen molar-refractivity contribution in [2.45, 2.75) is 4.21 Å². The summed E-state index contributed by atoms with van der Waals surface area (Å²) in [5.41, 5.74) is 2.39. The molecule has 1 heterocycles. The van der Waals surface area contributed by atoms with Gasteiger partial charge < -0.3 is 4.74 Å². The van der Waals surface area contributed by atoms with E-state index in [1.807, 2.05) is 0 Å². The summed E-state index contributed by atoms with van der Waals surface area (Å²) in [6.45, 7) is -0.392. The first-order valence-electron chi connectivity index (χ1n) is 3.44. The maximum absolute atomic E-state index is 11.3. The maximum Gasteiger partial charge on any atom is 0.320 e. The van der Waals surface area contributed by atoms with Crippen molar-refractivity contribution >= 4 is 27.3 Å². The molecule has 0 aromatic carbocycles. The minimum Gasteiger partial charge on any atom is -0.468 e. The number of methoxy groups -OCH3 is 1. The number of rotatable bonds is 4. The lowest BCUT2D eigenvalue weighted by Crippen LogP contribution is -2.29. The van der Waals surface area contributed by atoms with E-state index >= 15 is 0 Å². The Labute approximate surface area is 85.0 Å². The van der Waals surface area contributed by atoms with Crippen LogP contribution in [0.25, 0.3) is 0 Å². The second-order valence-corrected chi connectivity index (χ2v) is 4.99. The lowest BCUT2D eigenvalue weighted by atomic mass is 10.7. The fraction of sp³-hybridized carbons (Fsp3) is 0.333. The zero-order valence-electron chi connectivity index (χ0n) is 7.18. The highest BCUT2D eigenvalue weighted by molar-refractivity contribution is 7.91. The van der Waals surface area contributed by atoms with Gasteiger partial charge in [-0.05, 0) is 0 Å². The number of hydrogen-bond acceptors (Lipinski definition) is 6. The molecule has 0 aliphatic rings. The summed E-state index contributed by atoms with van der Waals surface area (Å²) in [5, 5.41) is 0. The monoisotopic (exact) mass is 235 g/mol. The van der Waals surface area contributed by atoms with Crippen molar-refractivity contribution in [1.82, 2.24) is 9.71 Å². The van der Waals surface area contributed by atoms with E-state index in [1.165, 1.54) is 7.11 Å². The first-order valence-corrected chi connectivity index (χ1v) is 5.74. The van der Waals surface area contributed by atoms with Crippen LogP contribution in [-0.4, -0.2) is 33.0 Å². The molecule has 14 heavy (non-hydrogen) atoms. The largest absolute Gasteiger partial charge is 0.468 e. The molecule has 0 bridgehead atoms. The van der Waals surface area contributed by atoms with Crippen LogP contribution in [0.3, 0.4) is 0 Å². The summed E-state index contributed by atoms with van der Waals surface area (Å²) in [4.78, 5) is 14.2. The van der Waals surface area contributed by atoms with Gasteiger partial charge in [-0.2, -0.15) is 4.72 Å². The zero-order valence-corrected chi connectivity index (χ0v) is 8.81. The van der Waals surface area contributed by atoms with Gasteiger partial charge in [0.05, 0.1) is 13.3 Å². The van der Waals surface area contributed by atoms with Gasteiger partial charge in [-0.1, -0.05) is 11.3 Å². The molecule has 0 spiro atoms. The molecule has 6 nitrogen and oxygen atoms in total. The number of thiazole rings is 1. The molecule has 8 heteroatoms. The Bertz CT molecular complexity index is 397. The second kappa shape index (κ2) is 4.49. The zero-order chi connectivity index (χ0) is 10.6. The van der Waals surface area contributed by atoms with E-state index in [9.17, 15) is 13.2 Å². The number of hydrogen-bond donors (Lipinski definition) is 1. The van der Waals surface area contributed by atoms with Gasteiger partial charge >= 0.3 is 5.97 Å². The second-order valence-electron chi connectivity index (χ2n) is 2.17. The Morgan fingerprint density at radius 2 is 2.50 bits per heavy atom. The van der Waals surface area contributed by atoms with Crippen LogP contribution < -0.4 is 4.72 Å². The van der Waals surface area contributed by atoms with Crippen LogP contribution in [0.2, 0.25) is 0 Å². The highest BCUT2D eigenvalue weighted by atomic mass is 32.2. The first kappa shape index (κ1) is 11.1. The molecule has 1 radical (unpaired) electrons. The smallest absolute Gasteiger partial charge is 0.320 e. The average molecular weight is 235 g/mol. The van der Waals surface area contributed by atoms with Crippen molar-refractivity contribution < 1.29 is 17.9 Å². The van der Waals surface area contributed by atoms with Crippen molar-refractivity contribution in [2.24, 2.45) is 0 Å². The third-order valence-electron chi connectivity index (χ3n) is 1.27. The summed E-state index contributed by atoms with van der Waals surface area (Å²) in [6, 6.07) is 0. The lowest BCUT2D eigenvalue weighted by molar-refractivity contribution is -0.139. The molecule has 1 N–H and O–H groups in total. The maximum atomic E-state index is 11.3. The van der Waals surface area contributed by atoms with Crippen molar-refractivity contribution in [3.8, 4) is 0 Å². The number of nitrogens with one attached hydrogen (secondary N) is 1. The van der Waals surface area contributed by atoms with E-state index in [4.69, 9.17) is 0 Å². The molecule has 1 aromatic heterocycles. The molecule has 1 rings (SSSR count). The van der Waals surface area contributed by atoms with Crippen molar-refractivity contribution in [3.05, 3.63) is 11.7 Å². The summed E-state index contributed by atoms with van der Waals surface area (Å²) in [7, 11) is -2.47. The van der Waals surface area contributed by atoms with Crippen LogP contribution >= 0.6 is 11.3 Å². The minimum atomic E-state index is -3.65. The lowest BCUT2D eigenvalue weighted by Gasteiger charge is -2.01. The molecule has 0 aliphatic heterocycles. The van der Waals surface area contributed by atoms with Crippen LogP contribution in [-0.2, 0) is 19.6 Å². The number of sulfonamides is 1. The van der Waals surface area contributed by atoms with E-state index in [0.717, 1.165) is 17.5 Å². The number of aromatic nitrogens is 1. The van der Waals surface area contributed by atoms with E-state index < -0.39 is 22.5 Å². The molecule has 0 atom stereocenters. The number of esters is 1. The predicted octanol–water partition coefficient (Wildman–Crippen LogP) is -0.605. The standard InChI is InChI=1S/C6H7N2O4S2/c1-12-5(9)2-8-14(10,11)6-3-7-4-13-6/h3,8H,2H2,1H3. The molecule has 0 unspecified atom stereocenters. The van der Waals surface area contributed by atoms with Gasteiger partial charge in [0.2, 0.25) is 0 Å². The fourth-order valence-electron chi connectivity index (χ4n) is 0.598.